The Hall–Kier alpha value is -3.81. The zero-order valence-electron chi connectivity index (χ0n) is 24.8. The van der Waals surface area contributed by atoms with E-state index in [0.717, 1.165) is 49.7 Å². The number of hydrogen-bond donors (Lipinski definition) is 3. The Morgan fingerprint density at radius 1 is 1.02 bits per heavy atom. The second kappa shape index (κ2) is 14.7. The van der Waals surface area contributed by atoms with Crippen molar-refractivity contribution in [2.75, 3.05) is 6.54 Å². The molecule has 0 aromatic heterocycles. The van der Waals surface area contributed by atoms with Gasteiger partial charge < -0.3 is 25.4 Å². The number of rotatable bonds is 11. The average Bonchev–Trinajstić information content (AvgIpc) is 2.93. The van der Waals surface area contributed by atoms with Crippen molar-refractivity contribution in [3.63, 3.8) is 0 Å². The number of hydrogen-bond acceptors (Lipinski definition) is 5. The summed E-state index contributed by atoms with van der Waals surface area (Å²) in [5, 5.41) is 15.7. The highest BCUT2D eigenvalue weighted by Crippen LogP contribution is 2.26. The van der Waals surface area contributed by atoms with Crippen LogP contribution in [-0.2, 0) is 27.2 Å². The van der Waals surface area contributed by atoms with Crippen molar-refractivity contribution >= 4 is 17.9 Å². The fourth-order valence-electron chi connectivity index (χ4n) is 5.12. The first kappa shape index (κ1) is 31.7. The lowest BCUT2D eigenvalue weighted by Crippen LogP contribution is -2.54. The average molecular weight is 564 g/mol. The van der Waals surface area contributed by atoms with E-state index in [2.05, 4.69) is 24.1 Å². The minimum Gasteiger partial charge on any atom is -0.508 e. The van der Waals surface area contributed by atoms with Gasteiger partial charge in [0.1, 0.15) is 23.4 Å². The zero-order valence-corrected chi connectivity index (χ0v) is 24.8. The van der Waals surface area contributed by atoms with Crippen molar-refractivity contribution < 1.29 is 24.2 Å². The van der Waals surface area contributed by atoms with E-state index in [1.54, 1.807) is 39.0 Å². The van der Waals surface area contributed by atoms with E-state index >= 15 is 0 Å². The van der Waals surface area contributed by atoms with Gasteiger partial charge in [-0.3, -0.25) is 9.59 Å². The summed E-state index contributed by atoms with van der Waals surface area (Å²) in [7, 11) is 0. The first-order chi connectivity index (χ1) is 19.5. The van der Waals surface area contributed by atoms with Gasteiger partial charge in [-0.15, -0.1) is 6.58 Å². The largest absolute Gasteiger partial charge is 0.508 e. The summed E-state index contributed by atoms with van der Waals surface area (Å²) in [4.78, 5) is 42.6. The standard InChI is InChI=1S/C33H45N3O5/c1-6-21-36(29(25-17-13-23(7-2)14-18-25)30(38)34-26-11-9-8-10-12-26)31(39)28(35-32(40)41-33(3,4)5)22-24-15-19-27(37)20-16-24/h6,13-20,26,28-29,37H,1,7-12,21-22H2,2-5H3,(H,34,38)(H,35,40). The van der Waals surface area contributed by atoms with E-state index < -0.39 is 29.7 Å². The predicted molar refractivity (Wildman–Crippen MR) is 160 cm³/mol. The first-order valence-electron chi connectivity index (χ1n) is 14.6. The first-order valence-corrected chi connectivity index (χ1v) is 14.6. The van der Waals surface area contributed by atoms with Crippen LogP contribution in [0.4, 0.5) is 4.79 Å². The molecule has 0 heterocycles. The van der Waals surface area contributed by atoms with E-state index in [0.29, 0.717) is 5.56 Å². The van der Waals surface area contributed by atoms with Gasteiger partial charge in [0.15, 0.2) is 0 Å². The Kier molecular flexibility index (Phi) is 11.4. The molecule has 0 bridgehead atoms. The fraction of sp³-hybridized carbons (Fsp3) is 0.485. The number of benzene rings is 2. The highest BCUT2D eigenvalue weighted by atomic mass is 16.6. The van der Waals surface area contributed by atoms with Crippen LogP contribution in [-0.4, -0.2) is 52.1 Å². The molecule has 8 nitrogen and oxygen atoms in total. The van der Waals surface area contributed by atoms with Gasteiger partial charge in [-0.05, 0) is 68.9 Å². The van der Waals surface area contributed by atoms with Crippen molar-refractivity contribution in [3.8, 4) is 5.75 Å². The third kappa shape index (κ3) is 9.66. The van der Waals surface area contributed by atoms with Crippen LogP contribution in [0.25, 0.3) is 0 Å². The minimum absolute atomic E-state index is 0.0574. The van der Waals surface area contributed by atoms with Gasteiger partial charge in [-0.1, -0.05) is 68.7 Å². The molecule has 2 unspecified atom stereocenters. The van der Waals surface area contributed by atoms with Crippen molar-refractivity contribution in [1.82, 2.24) is 15.5 Å². The quantitative estimate of drug-likeness (QED) is 0.309. The van der Waals surface area contributed by atoms with Crippen LogP contribution in [0.3, 0.4) is 0 Å². The van der Waals surface area contributed by atoms with E-state index in [1.165, 1.54) is 17.0 Å². The number of aromatic hydroxyl groups is 1. The molecule has 0 spiro atoms. The Labute approximate surface area is 244 Å². The normalized spacial score (nSPS) is 15.3. The van der Waals surface area contributed by atoms with Gasteiger partial charge in [0, 0.05) is 19.0 Å². The van der Waals surface area contributed by atoms with E-state index in [-0.39, 0.29) is 30.7 Å². The Bertz CT molecular complexity index is 1160. The van der Waals surface area contributed by atoms with Crippen LogP contribution in [0.15, 0.2) is 61.2 Å². The van der Waals surface area contributed by atoms with Crippen LogP contribution in [0.5, 0.6) is 5.75 Å². The summed E-state index contributed by atoms with van der Waals surface area (Å²) in [6, 6.07) is 12.3. The van der Waals surface area contributed by atoms with E-state index in [4.69, 9.17) is 4.74 Å². The maximum atomic E-state index is 14.3. The summed E-state index contributed by atoms with van der Waals surface area (Å²) >= 11 is 0. The number of alkyl carbamates (subject to hydrolysis) is 1. The van der Waals surface area contributed by atoms with Crippen LogP contribution < -0.4 is 10.6 Å². The summed E-state index contributed by atoms with van der Waals surface area (Å²) in [6.07, 6.45) is 6.94. The molecule has 3 rings (SSSR count). The number of ether oxygens (including phenoxy) is 1. The predicted octanol–water partition coefficient (Wildman–Crippen LogP) is 5.60. The highest BCUT2D eigenvalue weighted by Gasteiger charge is 2.36. The maximum absolute atomic E-state index is 14.3. The molecule has 2 aromatic rings. The molecule has 3 amide bonds. The van der Waals surface area contributed by atoms with Crippen molar-refractivity contribution in [1.29, 1.82) is 0 Å². The monoisotopic (exact) mass is 563 g/mol. The van der Waals surface area contributed by atoms with E-state index in [9.17, 15) is 19.5 Å². The van der Waals surface area contributed by atoms with Gasteiger partial charge in [-0.2, -0.15) is 0 Å². The fourth-order valence-corrected chi connectivity index (χ4v) is 5.12. The molecule has 1 fully saturated rings. The molecule has 3 N–H and O–H groups in total. The molecule has 0 saturated heterocycles. The summed E-state index contributed by atoms with van der Waals surface area (Å²) in [5.74, 6) is -0.593. The minimum atomic E-state index is -1.03. The van der Waals surface area contributed by atoms with Crippen LogP contribution >= 0.6 is 0 Å². The molecule has 0 aliphatic heterocycles. The number of amides is 3. The van der Waals surface area contributed by atoms with Crippen LogP contribution in [0.2, 0.25) is 0 Å². The van der Waals surface area contributed by atoms with Gasteiger partial charge >= 0.3 is 6.09 Å². The topological polar surface area (TPSA) is 108 Å². The van der Waals surface area contributed by atoms with Crippen LogP contribution in [0, 0.1) is 0 Å². The number of phenols is 1. The molecule has 222 valence electrons. The number of carbonyl (C=O) groups is 3. The van der Waals surface area contributed by atoms with E-state index in [1.807, 2.05) is 24.3 Å². The molecule has 2 atom stereocenters. The molecule has 41 heavy (non-hydrogen) atoms. The molecular formula is C33H45N3O5. The Morgan fingerprint density at radius 2 is 1.63 bits per heavy atom. The number of phenolic OH excluding ortho intramolecular Hbond substituents is 1. The Morgan fingerprint density at radius 3 is 2.20 bits per heavy atom. The molecule has 1 aliphatic carbocycles. The summed E-state index contributed by atoms with van der Waals surface area (Å²) in [5.41, 5.74) is 1.77. The SMILES string of the molecule is C=CCN(C(=O)C(Cc1ccc(O)cc1)NC(=O)OC(C)(C)C)C(C(=O)NC1CCCCC1)c1ccc(CC)cc1. The molecule has 8 heteroatoms. The summed E-state index contributed by atoms with van der Waals surface area (Å²) in [6.45, 7) is 11.3. The third-order valence-electron chi connectivity index (χ3n) is 7.19. The second-order valence-electron chi connectivity index (χ2n) is 11.7. The summed E-state index contributed by atoms with van der Waals surface area (Å²) < 4.78 is 5.47. The van der Waals surface area contributed by atoms with Gasteiger partial charge in [-0.25, -0.2) is 4.79 Å². The maximum Gasteiger partial charge on any atom is 0.408 e. The number of carbonyl (C=O) groups excluding carboxylic acids is 3. The molecule has 0 radical (unpaired) electrons. The molecule has 1 saturated carbocycles. The van der Waals surface area contributed by atoms with Gasteiger partial charge in [0.05, 0.1) is 0 Å². The zero-order chi connectivity index (χ0) is 30.0. The number of nitrogens with one attached hydrogen (secondary N) is 2. The number of nitrogens with zero attached hydrogens (tertiary/aromatic N) is 1. The molecule has 2 aromatic carbocycles. The smallest absolute Gasteiger partial charge is 0.408 e. The second-order valence-corrected chi connectivity index (χ2v) is 11.7. The van der Waals surface area contributed by atoms with Crippen molar-refractivity contribution in [3.05, 3.63) is 77.9 Å². The lowest BCUT2D eigenvalue weighted by molar-refractivity contribution is -0.142. The van der Waals surface area contributed by atoms with Crippen LogP contribution in [0.1, 0.15) is 82.5 Å². The lowest BCUT2D eigenvalue weighted by atomic mass is 9.94. The number of aryl methyl sites for hydroxylation is 1. The third-order valence-corrected chi connectivity index (χ3v) is 7.19. The highest BCUT2D eigenvalue weighted by molar-refractivity contribution is 5.92. The van der Waals surface area contributed by atoms with Crippen molar-refractivity contribution in [2.24, 2.45) is 0 Å². The van der Waals surface area contributed by atoms with Gasteiger partial charge in [0.25, 0.3) is 0 Å². The van der Waals surface area contributed by atoms with Gasteiger partial charge in [0.2, 0.25) is 11.8 Å². The van der Waals surface area contributed by atoms with Crippen molar-refractivity contribution in [2.45, 2.75) is 96.4 Å². The lowest BCUT2D eigenvalue weighted by Gasteiger charge is -2.35. The Balaban J connectivity index is 1.99. The molecular weight excluding hydrogens is 518 g/mol. The molecule has 1 aliphatic rings.